The third-order valence-electron chi connectivity index (χ3n) is 9.17. The Morgan fingerprint density at radius 3 is 2.50 bits per heavy atom. The molecule has 0 unspecified atom stereocenters. The smallest absolute Gasteiger partial charge is 0.550 e. The number of rotatable bonds is 6. The minimum atomic E-state index is -1.79. The number of carboxylic acid groups (broad SMARTS) is 1. The van der Waals surface area contributed by atoms with Crippen LogP contribution in [0.5, 0.6) is 0 Å². The molecule has 4 rings (SSSR count). The standard InChI is InChI=1S/C25H32O8.Na/c1-23-9-7-15(26)11-14(23)3-4-16-17-8-10-25(32,24(17,2)12-18(27)22(16)23)19(28)13-33-21(31)6-5-20(29)30;/h11,16-17,22,32H,3-10,12-13H2,1-2H3,(H,29,30);/q;+1/p-1/t16-,17-,22+,23-,24-,25-;/m0./s1. The Hall–Kier alpha value is -1.35. The molecule has 0 aliphatic heterocycles. The number of esters is 1. The molecule has 0 aromatic heterocycles. The topological polar surface area (TPSA) is 138 Å². The average molecular weight is 483 g/mol. The van der Waals surface area contributed by atoms with E-state index < -0.39 is 48.2 Å². The number of ketones is 3. The van der Waals surface area contributed by atoms with Crippen LogP contribution in [0.25, 0.3) is 0 Å². The molecule has 0 aromatic carbocycles. The average Bonchev–Trinajstić information content (AvgIpc) is 3.02. The number of hydrogen-bond donors (Lipinski definition) is 1. The summed E-state index contributed by atoms with van der Waals surface area (Å²) in [6, 6.07) is 0. The molecule has 0 radical (unpaired) electrons. The van der Waals surface area contributed by atoms with Gasteiger partial charge in [0.1, 0.15) is 11.4 Å². The Balaban J connectivity index is 0.00000324. The van der Waals surface area contributed by atoms with E-state index >= 15 is 0 Å². The van der Waals surface area contributed by atoms with Crippen molar-refractivity contribution in [3.05, 3.63) is 11.6 Å². The first-order chi connectivity index (χ1) is 15.4. The van der Waals surface area contributed by atoms with Crippen molar-refractivity contribution < 1.29 is 68.5 Å². The molecule has 0 aromatic rings. The second kappa shape index (κ2) is 9.60. The van der Waals surface area contributed by atoms with Gasteiger partial charge in [-0.2, -0.15) is 0 Å². The molecule has 8 nitrogen and oxygen atoms in total. The van der Waals surface area contributed by atoms with Crippen molar-refractivity contribution in [3.63, 3.8) is 0 Å². The van der Waals surface area contributed by atoms with Crippen LogP contribution in [0.15, 0.2) is 11.6 Å². The van der Waals surface area contributed by atoms with Gasteiger partial charge in [0.25, 0.3) is 0 Å². The number of Topliss-reactive ketones (excluding diaryl/α,β-unsaturated/α-hetero) is 2. The van der Waals surface area contributed by atoms with E-state index in [-0.39, 0.29) is 77.1 Å². The molecule has 0 amide bonds. The summed E-state index contributed by atoms with van der Waals surface area (Å²) in [5.74, 6) is -2.96. The van der Waals surface area contributed by atoms with E-state index in [1.165, 1.54) is 0 Å². The molecule has 0 saturated heterocycles. The van der Waals surface area contributed by atoms with Crippen molar-refractivity contribution in [1.29, 1.82) is 0 Å². The van der Waals surface area contributed by atoms with Gasteiger partial charge in [0.15, 0.2) is 12.4 Å². The van der Waals surface area contributed by atoms with Crippen LogP contribution in [0.3, 0.4) is 0 Å². The van der Waals surface area contributed by atoms with Crippen LogP contribution in [0, 0.1) is 28.6 Å². The van der Waals surface area contributed by atoms with Gasteiger partial charge in [0.2, 0.25) is 5.78 Å². The summed E-state index contributed by atoms with van der Waals surface area (Å²) in [5.41, 5.74) is -2.03. The molecule has 3 saturated carbocycles. The zero-order valence-electron chi connectivity index (χ0n) is 20.2. The van der Waals surface area contributed by atoms with Crippen LogP contribution >= 0.6 is 0 Å². The fraction of sp³-hybridized carbons (Fsp3) is 0.720. The van der Waals surface area contributed by atoms with E-state index in [1.54, 1.807) is 13.0 Å². The van der Waals surface area contributed by atoms with Crippen LogP contribution in [-0.4, -0.2) is 46.6 Å². The minimum Gasteiger partial charge on any atom is -0.550 e. The minimum absolute atomic E-state index is 0. The monoisotopic (exact) mass is 482 g/mol. The van der Waals surface area contributed by atoms with Crippen LogP contribution in [0.2, 0.25) is 0 Å². The summed E-state index contributed by atoms with van der Waals surface area (Å²) < 4.78 is 4.92. The zero-order chi connectivity index (χ0) is 24.2. The van der Waals surface area contributed by atoms with Gasteiger partial charge < -0.3 is 19.7 Å². The van der Waals surface area contributed by atoms with Gasteiger partial charge in [-0.25, -0.2) is 0 Å². The van der Waals surface area contributed by atoms with Gasteiger partial charge >= 0.3 is 35.5 Å². The molecular formula is C25H31NaO8. The van der Waals surface area contributed by atoms with Crippen molar-refractivity contribution >= 4 is 29.3 Å². The van der Waals surface area contributed by atoms with Gasteiger partial charge in [0, 0.05) is 30.1 Å². The van der Waals surface area contributed by atoms with Crippen molar-refractivity contribution in [2.45, 2.75) is 77.2 Å². The number of carbonyl (C=O) groups excluding carboxylic acids is 5. The van der Waals surface area contributed by atoms with E-state index in [2.05, 4.69) is 6.92 Å². The summed E-state index contributed by atoms with van der Waals surface area (Å²) in [7, 11) is 0. The molecular weight excluding hydrogens is 451 g/mol. The molecule has 34 heavy (non-hydrogen) atoms. The third-order valence-corrected chi connectivity index (χ3v) is 9.17. The van der Waals surface area contributed by atoms with Crippen molar-refractivity contribution in [1.82, 2.24) is 0 Å². The quantitative estimate of drug-likeness (QED) is 0.342. The van der Waals surface area contributed by atoms with Gasteiger partial charge in [-0.15, -0.1) is 0 Å². The normalized spacial score (nSPS) is 38.6. The number of hydrogen-bond acceptors (Lipinski definition) is 8. The first-order valence-corrected chi connectivity index (χ1v) is 11.8. The molecule has 180 valence electrons. The fourth-order valence-electron chi connectivity index (χ4n) is 7.39. The summed E-state index contributed by atoms with van der Waals surface area (Å²) >= 11 is 0. The first-order valence-electron chi connectivity index (χ1n) is 11.8. The van der Waals surface area contributed by atoms with Gasteiger partial charge in [-0.3, -0.25) is 19.2 Å². The number of carboxylic acids is 1. The first kappa shape index (κ1) is 27.2. The largest absolute Gasteiger partial charge is 1.00 e. The Morgan fingerprint density at radius 2 is 1.82 bits per heavy atom. The van der Waals surface area contributed by atoms with E-state index in [9.17, 15) is 34.2 Å². The molecule has 0 heterocycles. The Morgan fingerprint density at radius 1 is 1.12 bits per heavy atom. The van der Waals surface area contributed by atoms with E-state index in [1.807, 2.05) is 0 Å². The predicted octanol–water partition coefficient (Wildman–Crippen LogP) is -1.93. The van der Waals surface area contributed by atoms with Gasteiger partial charge in [-0.1, -0.05) is 19.4 Å². The van der Waals surface area contributed by atoms with Crippen LogP contribution in [0.4, 0.5) is 0 Å². The Bertz CT molecular complexity index is 957. The Labute approximate surface area is 221 Å². The number of fused-ring (bicyclic) bond motifs is 5. The molecule has 4 aliphatic rings. The number of carbonyl (C=O) groups is 5. The Kier molecular flexibility index (Phi) is 7.69. The SMILES string of the molecule is C[C@]12CCC(=O)C=C1CC[C@@H]1[C@@H]2C(=O)C[C@@]2(C)[C@H]1CC[C@]2(O)C(=O)COC(=O)CCC(=O)[O-].[Na+]. The van der Waals surface area contributed by atoms with E-state index in [0.29, 0.717) is 19.3 Å². The van der Waals surface area contributed by atoms with Gasteiger partial charge in [0.05, 0.1) is 6.42 Å². The number of aliphatic hydroxyl groups is 1. The zero-order valence-corrected chi connectivity index (χ0v) is 22.2. The third kappa shape index (κ3) is 4.25. The van der Waals surface area contributed by atoms with Gasteiger partial charge in [-0.05, 0) is 61.9 Å². The molecule has 0 bridgehead atoms. The fourth-order valence-corrected chi connectivity index (χ4v) is 7.39. The van der Waals surface area contributed by atoms with E-state index in [4.69, 9.17) is 4.74 Å². The predicted molar refractivity (Wildman–Crippen MR) is 112 cm³/mol. The summed E-state index contributed by atoms with van der Waals surface area (Å²) in [5, 5.41) is 22.0. The number of aliphatic carboxylic acids is 1. The van der Waals surface area contributed by atoms with Crippen LogP contribution in [-0.2, 0) is 28.7 Å². The molecule has 0 spiro atoms. The molecule has 3 fully saturated rings. The second-order valence-corrected chi connectivity index (χ2v) is 10.8. The molecule has 9 heteroatoms. The number of ether oxygens (including phenoxy) is 1. The molecule has 6 atom stereocenters. The maximum absolute atomic E-state index is 13.6. The van der Waals surface area contributed by atoms with Crippen molar-refractivity contribution in [2.24, 2.45) is 28.6 Å². The molecule has 4 aliphatic carbocycles. The van der Waals surface area contributed by atoms with Crippen molar-refractivity contribution in [3.8, 4) is 0 Å². The second-order valence-electron chi connectivity index (χ2n) is 10.8. The van der Waals surface area contributed by atoms with E-state index in [0.717, 1.165) is 18.4 Å². The van der Waals surface area contributed by atoms with Crippen molar-refractivity contribution in [2.75, 3.05) is 6.61 Å². The summed E-state index contributed by atoms with van der Waals surface area (Å²) in [6.07, 6.45) is 4.24. The summed E-state index contributed by atoms with van der Waals surface area (Å²) in [6.45, 7) is 3.23. The summed E-state index contributed by atoms with van der Waals surface area (Å²) in [4.78, 5) is 60.8. The maximum atomic E-state index is 13.6. The number of allylic oxidation sites excluding steroid dienone is 1. The maximum Gasteiger partial charge on any atom is 1.00 e. The van der Waals surface area contributed by atoms with Crippen LogP contribution in [0.1, 0.15) is 71.6 Å². The van der Waals surface area contributed by atoms with Crippen LogP contribution < -0.4 is 34.7 Å². The molecule has 1 N–H and O–H groups in total.